The van der Waals surface area contributed by atoms with Gasteiger partial charge in [-0.3, -0.25) is 0 Å². The fraction of sp³-hybridized carbons (Fsp3) is 0.538. The van der Waals surface area contributed by atoms with Gasteiger partial charge in [0.15, 0.2) is 0 Å². The molecule has 92 valence electrons. The molecule has 2 nitrogen and oxygen atoms in total. The summed E-state index contributed by atoms with van der Waals surface area (Å²) < 4.78 is 0. The van der Waals surface area contributed by atoms with Crippen molar-refractivity contribution >= 4 is 12.4 Å². The molecule has 0 radical (unpaired) electrons. The first-order chi connectivity index (χ1) is 6.95. The number of benzene rings is 1. The molecule has 0 bridgehead atoms. The highest BCUT2D eigenvalue weighted by molar-refractivity contribution is 5.85. The Kier molecular flexibility index (Phi) is 6.01. The predicted molar refractivity (Wildman–Crippen MR) is 71.0 cm³/mol. The summed E-state index contributed by atoms with van der Waals surface area (Å²) in [6.07, 6.45) is 0.620. The zero-order chi connectivity index (χ0) is 11.5. The largest absolute Gasteiger partial charge is 0.396 e. The van der Waals surface area contributed by atoms with Crippen LogP contribution >= 0.6 is 12.4 Å². The van der Waals surface area contributed by atoms with Gasteiger partial charge in [0.05, 0.1) is 0 Å². The van der Waals surface area contributed by atoms with E-state index < -0.39 is 0 Å². The third kappa shape index (κ3) is 4.12. The van der Waals surface area contributed by atoms with Crippen LogP contribution in [0.15, 0.2) is 24.3 Å². The van der Waals surface area contributed by atoms with Gasteiger partial charge < -0.3 is 10.8 Å². The summed E-state index contributed by atoms with van der Waals surface area (Å²) in [7, 11) is 0. The van der Waals surface area contributed by atoms with E-state index >= 15 is 0 Å². The van der Waals surface area contributed by atoms with Gasteiger partial charge in [-0.1, -0.05) is 45.0 Å². The quantitative estimate of drug-likeness (QED) is 0.858. The zero-order valence-electron chi connectivity index (χ0n) is 10.2. The first kappa shape index (κ1) is 15.4. The maximum atomic E-state index is 8.80. The molecule has 0 fully saturated rings. The molecule has 16 heavy (non-hydrogen) atoms. The molecule has 0 amide bonds. The Morgan fingerprint density at radius 3 is 2.06 bits per heavy atom. The van der Waals surface area contributed by atoms with Crippen LogP contribution in [0.5, 0.6) is 0 Å². The number of halogens is 1. The molecule has 1 rings (SSSR count). The second-order valence-electron chi connectivity index (χ2n) is 4.99. The molecule has 3 N–H and O–H groups in total. The lowest BCUT2D eigenvalue weighted by molar-refractivity contribution is 0.276. The molecule has 0 aliphatic carbocycles. The summed E-state index contributed by atoms with van der Waals surface area (Å²) in [5.74, 6) is 0. The summed E-state index contributed by atoms with van der Waals surface area (Å²) in [4.78, 5) is 0. The van der Waals surface area contributed by atoms with E-state index in [0.717, 1.165) is 5.56 Å². The molecule has 1 aromatic rings. The maximum absolute atomic E-state index is 8.80. The smallest absolute Gasteiger partial charge is 0.0449 e. The Hall–Kier alpha value is -0.570. The number of aliphatic hydroxyl groups is 1. The van der Waals surface area contributed by atoms with Gasteiger partial charge in [-0.2, -0.15) is 0 Å². The van der Waals surface area contributed by atoms with Gasteiger partial charge in [-0.15, -0.1) is 12.4 Å². The van der Waals surface area contributed by atoms with Crippen molar-refractivity contribution in [1.29, 1.82) is 0 Å². The van der Waals surface area contributed by atoms with E-state index in [2.05, 4.69) is 45.0 Å². The van der Waals surface area contributed by atoms with E-state index in [1.165, 1.54) is 5.56 Å². The Balaban J connectivity index is 0.00000225. The van der Waals surface area contributed by atoms with Crippen molar-refractivity contribution in [2.45, 2.75) is 38.6 Å². The molecule has 0 unspecified atom stereocenters. The van der Waals surface area contributed by atoms with Crippen LogP contribution in [0.4, 0.5) is 0 Å². The lowest BCUT2D eigenvalue weighted by atomic mass is 9.86. The van der Waals surface area contributed by atoms with E-state index in [4.69, 9.17) is 10.8 Å². The Labute approximate surface area is 104 Å². The van der Waals surface area contributed by atoms with Crippen LogP contribution in [0.2, 0.25) is 0 Å². The van der Waals surface area contributed by atoms with Gasteiger partial charge >= 0.3 is 0 Å². The van der Waals surface area contributed by atoms with Gasteiger partial charge in [0.2, 0.25) is 0 Å². The Bertz CT molecular complexity index is 303. The van der Waals surface area contributed by atoms with E-state index in [9.17, 15) is 0 Å². The fourth-order valence-corrected chi connectivity index (χ4v) is 1.54. The van der Waals surface area contributed by atoms with Crippen LogP contribution in [-0.2, 0) is 5.41 Å². The third-order valence-electron chi connectivity index (χ3n) is 2.64. The molecule has 0 aliphatic rings. The van der Waals surface area contributed by atoms with Crippen molar-refractivity contribution in [2.75, 3.05) is 6.61 Å². The minimum atomic E-state index is -0.0518. The second-order valence-corrected chi connectivity index (χ2v) is 4.99. The minimum absolute atomic E-state index is 0. The molecule has 0 aliphatic heterocycles. The summed E-state index contributed by atoms with van der Waals surface area (Å²) in [5.41, 5.74) is 8.49. The van der Waals surface area contributed by atoms with Crippen molar-refractivity contribution in [2.24, 2.45) is 5.73 Å². The molecule has 1 aromatic carbocycles. The topological polar surface area (TPSA) is 46.2 Å². The second kappa shape index (κ2) is 6.24. The normalized spacial score (nSPS) is 13.1. The van der Waals surface area contributed by atoms with Gasteiger partial charge in [0.25, 0.3) is 0 Å². The predicted octanol–water partition coefficient (Wildman–Crippen LogP) is 2.79. The number of nitrogens with two attached hydrogens (primary N) is 1. The summed E-state index contributed by atoms with van der Waals surface area (Å²) in [6, 6.07) is 8.30. The van der Waals surface area contributed by atoms with Crippen LogP contribution in [0.3, 0.4) is 0 Å². The minimum Gasteiger partial charge on any atom is -0.396 e. The number of rotatable bonds is 3. The lowest BCUT2D eigenvalue weighted by Crippen LogP contribution is -2.14. The van der Waals surface area contributed by atoms with Crippen LogP contribution in [-0.4, -0.2) is 11.7 Å². The molecule has 0 saturated carbocycles. The molecule has 0 saturated heterocycles. The molecule has 0 heterocycles. The van der Waals surface area contributed by atoms with Gasteiger partial charge in [0.1, 0.15) is 0 Å². The van der Waals surface area contributed by atoms with Crippen LogP contribution in [0.1, 0.15) is 44.4 Å². The molecule has 3 heteroatoms. The van der Waals surface area contributed by atoms with Crippen molar-refractivity contribution in [3.05, 3.63) is 35.4 Å². The highest BCUT2D eigenvalue weighted by atomic mass is 35.5. The van der Waals surface area contributed by atoms with E-state index in [1.54, 1.807) is 0 Å². The SMILES string of the molecule is CC(C)(C)c1ccc([C@H](N)CCO)cc1.Cl. The van der Waals surface area contributed by atoms with Crippen LogP contribution in [0.25, 0.3) is 0 Å². The summed E-state index contributed by atoms with van der Waals surface area (Å²) in [5, 5.41) is 8.80. The van der Waals surface area contributed by atoms with Crippen molar-refractivity contribution in [3.63, 3.8) is 0 Å². The average Bonchev–Trinajstić information content (AvgIpc) is 2.17. The summed E-state index contributed by atoms with van der Waals surface area (Å²) in [6.45, 7) is 6.71. The highest BCUT2D eigenvalue weighted by Gasteiger charge is 2.13. The molecular formula is C13H22ClNO. The van der Waals surface area contributed by atoms with Crippen LogP contribution < -0.4 is 5.73 Å². The molecular weight excluding hydrogens is 222 g/mol. The first-order valence-corrected chi connectivity index (χ1v) is 5.42. The Morgan fingerprint density at radius 2 is 1.69 bits per heavy atom. The fourth-order valence-electron chi connectivity index (χ4n) is 1.54. The molecule has 0 spiro atoms. The van der Waals surface area contributed by atoms with Gasteiger partial charge in [0, 0.05) is 12.6 Å². The van der Waals surface area contributed by atoms with Gasteiger partial charge in [-0.25, -0.2) is 0 Å². The van der Waals surface area contributed by atoms with Crippen molar-refractivity contribution in [1.82, 2.24) is 0 Å². The number of hydrogen-bond acceptors (Lipinski definition) is 2. The lowest BCUT2D eigenvalue weighted by Gasteiger charge is -2.20. The maximum Gasteiger partial charge on any atom is 0.0449 e. The highest BCUT2D eigenvalue weighted by Crippen LogP contribution is 2.23. The summed E-state index contributed by atoms with van der Waals surface area (Å²) >= 11 is 0. The average molecular weight is 244 g/mol. The molecule has 0 aromatic heterocycles. The van der Waals surface area contributed by atoms with Crippen molar-refractivity contribution < 1.29 is 5.11 Å². The number of aliphatic hydroxyl groups excluding tert-OH is 1. The number of hydrogen-bond donors (Lipinski definition) is 2. The Morgan fingerprint density at radius 1 is 1.19 bits per heavy atom. The molecule has 1 atom stereocenters. The van der Waals surface area contributed by atoms with E-state index in [0.29, 0.717) is 6.42 Å². The van der Waals surface area contributed by atoms with E-state index in [-0.39, 0.29) is 30.5 Å². The van der Waals surface area contributed by atoms with Crippen LogP contribution in [0, 0.1) is 0 Å². The standard InChI is InChI=1S/C13H21NO.ClH/c1-13(2,3)11-6-4-10(5-7-11)12(14)8-9-15;/h4-7,12,15H,8-9,14H2,1-3H3;1H/t12-;/m1./s1. The van der Waals surface area contributed by atoms with Crippen molar-refractivity contribution in [3.8, 4) is 0 Å². The monoisotopic (exact) mass is 243 g/mol. The first-order valence-electron chi connectivity index (χ1n) is 5.42. The van der Waals surface area contributed by atoms with E-state index in [1.807, 2.05) is 0 Å². The van der Waals surface area contributed by atoms with Gasteiger partial charge in [-0.05, 0) is 23.0 Å². The zero-order valence-corrected chi connectivity index (χ0v) is 11.1. The third-order valence-corrected chi connectivity index (χ3v) is 2.64.